The van der Waals surface area contributed by atoms with Gasteiger partial charge in [-0.15, -0.1) is 0 Å². The molecular formula is C18H23IO2. The van der Waals surface area contributed by atoms with E-state index in [2.05, 4.69) is 43.4 Å². The molecule has 2 bridgehead atoms. The number of carbonyl (C=O) groups excluding carboxylic acids is 1. The molecule has 3 rings (SSSR count). The van der Waals surface area contributed by atoms with Crippen molar-refractivity contribution in [1.82, 2.24) is 0 Å². The maximum atomic E-state index is 12.3. The van der Waals surface area contributed by atoms with E-state index >= 15 is 0 Å². The molecule has 0 N–H and O–H groups in total. The smallest absolute Gasteiger partial charge is 0.310 e. The van der Waals surface area contributed by atoms with E-state index in [0.29, 0.717) is 17.8 Å². The second kappa shape index (κ2) is 5.25. The highest BCUT2D eigenvalue weighted by Gasteiger charge is 2.62. The Balaban J connectivity index is 1.68. The van der Waals surface area contributed by atoms with Crippen LogP contribution < -0.4 is 0 Å². The molecule has 2 saturated carbocycles. The number of hydrogen-bond donors (Lipinski definition) is 0. The van der Waals surface area contributed by atoms with E-state index in [1.54, 1.807) is 0 Å². The Morgan fingerprint density at radius 3 is 2.62 bits per heavy atom. The molecule has 1 aromatic rings. The molecular weight excluding hydrogens is 375 g/mol. The van der Waals surface area contributed by atoms with Gasteiger partial charge >= 0.3 is 5.97 Å². The quantitative estimate of drug-likeness (QED) is 0.550. The number of carbonyl (C=O) groups is 1. The zero-order chi connectivity index (χ0) is 15.3. The highest BCUT2D eigenvalue weighted by atomic mass is 127. The lowest BCUT2D eigenvalue weighted by Gasteiger charge is -2.38. The Kier molecular flexibility index (Phi) is 3.83. The molecule has 21 heavy (non-hydrogen) atoms. The Morgan fingerprint density at radius 1 is 1.33 bits per heavy atom. The third kappa shape index (κ3) is 2.41. The van der Waals surface area contributed by atoms with Crippen molar-refractivity contribution in [3.05, 3.63) is 33.4 Å². The van der Waals surface area contributed by atoms with Gasteiger partial charge in [0.15, 0.2) is 0 Å². The molecule has 0 radical (unpaired) electrons. The molecule has 2 nitrogen and oxygen atoms in total. The largest absolute Gasteiger partial charge is 0.462 e. The van der Waals surface area contributed by atoms with E-state index < -0.39 is 0 Å². The molecule has 2 aliphatic carbocycles. The summed E-state index contributed by atoms with van der Waals surface area (Å²) in [5.74, 6) is 0.630. The van der Waals surface area contributed by atoms with Crippen LogP contribution >= 0.6 is 22.6 Å². The predicted molar refractivity (Wildman–Crippen MR) is 92.0 cm³/mol. The summed E-state index contributed by atoms with van der Waals surface area (Å²) in [4.78, 5) is 12.3. The van der Waals surface area contributed by atoms with Crippen LogP contribution in [0.5, 0.6) is 0 Å². The fourth-order valence-electron chi connectivity index (χ4n) is 4.31. The van der Waals surface area contributed by atoms with Gasteiger partial charge in [0.25, 0.3) is 0 Å². The van der Waals surface area contributed by atoms with Crippen LogP contribution in [0.25, 0.3) is 0 Å². The molecule has 0 aromatic heterocycles. The number of hydrogen-bond acceptors (Lipinski definition) is 2. The van der Waals surface area contributed by atoms with Gasteiger partial charge in [-0.2, -0.15) is 0 Å². The number of rotatable bonds is 3. The van der Waals surface area contributed by atoms with Crippen molar-refractivity contribution >= 4 is 28.6 Å². The van der Waals surface area contributed by atoms with Crippen LogP contribution in [0.15, 0.2) is 24.3 Å². The lowest BCUT2D eigenvalue weighted by Crippen LogP contribution is -2.38. The van der Waals surface area contributed by atoms with E-state index in [-0.39, 0.29) is 17.5 Å². The minimum Gasteiger partial charge on any atom is -0.462 e. The van der Waals surface area contributed by atoms with Gasteiger partial charge in [0.2, 0.25) is 0 Å². The Labute approximate surface area is 140 Å². The van der Waals surface area contributed by atoms with Gasteiger partial charge in [0.1, 0.15) is 6.10 Å². The van der Waals surface area contributed by atoms with E-state index in [1.165, 1.54) is 12.8 Å². The normalized spacial score (nSPS) is 33.1. The molecule has 3 heteroatoms. The van der Waals surface area contributed by atoms with E-state index in [0.717, 1.165) is 15.6 Å². The molecule has 0 unspecified atom stereocenters. The highest BCUT2D eigenvalue weighted by Crippen LogP contribution is 2.66. The van der Waals surface area contributed by atoms with Crippen LogP contribution in [0.3, 0.4) is 0 Å². The minimum absolute atomic E-state index is 0.0753. The lowest BCUT2D eigenvalue weighted by atomic mass is 9.70. The van der Waals surface area contributed by atoms with E-state index in [9.17, 15) is 4.79 Å². The molecule has 114 valence electrons. The Morgan fingerprint density at radius 2 is 2.05 bits per heavy atom. The highest BCUT2D eigenvalue weighted by molar-refractivity contribution is 14.1. The SMILES string of the molecule is CC1(C)[C@H]2CC[C@]1(C)[C@H](OC(=O)Cc1ccccc1I)C2. The molecule has 0 spiro atoms. The van der Waals surface area contributed by atoms with Crippen LogP contribution in [0, 0.1) is 20.3 Å². The second-order valence-corrected chi connectivity index (χ2v) is 8.52. The maximum absolute atomic E-state index is 12.3. The molecule has 0 amide bonds. The summed E-state index contributed by atoms with van der Waals surface area (Å²) in [7, 11) is 0. The first-order chi connectivity index (χ1) is 9.84. The van der Waals surface area contributed by atoms with Crippen molar-refractivity contribution in [3.8, 4) is 0 Å². The zero-order valence-corrected chi connectivity index (χ0v) is 15.1. The van der Waals surface area contributed by atoms with Crippen LogP contribution in [-0.4, -0.2) is 12.1 Å². The van der Waals surface area contributed by atoms with Gasteiger partial charge in [0, 0.05) is 8.99 Å². The molecule has 2 aliphatic rings. The van der Waals surface area contributed by atoms with Crippen LogP contribution in [0.2, 0.25) is 0 Å². The number of fused-ring (bicyclic) bond motifs is 2. The number of esters is 1. The average molecular weight is 398 g/mol. The van der Waals surface area contributed by atoms with Gasteiger partial charge < -0.3 is 4.74 Å². The number of ether oxygens (including phenoxy) is 1. The summed E-state index contributed by atoms with van der Waals surface area (Å²) in [6.07, 6.45) is 4.00. The summed E-state index contributed by atoms with van der Waals surface area (Å²) < 4.78 is 7.03. The zero-order valence-electron chi connectivity index (χ0n) is 13.0. The standard InChI is InChI=1S/C18H23IO2/c1-17(2)13-8-9-18(17,3)15(11-13)21-16(20)10-12-6-4-5-7-14(12)19/h4-7,13,15H,8-11H2,1-3H3/t13-,15+,18+/m0/s1. The first-order valence-corrected chi connectivity index (χ1v) is 8.85. The molecule has 0 saturated heterocycles. The number of halogens is 1. The molecule has 3 atom stereocenters. The average Bonchev–Trinajstić information content (AvgIpc) is 2.74. The monoisotopic (exact) mass is 398 g/mol. The molecule has 2 fully saturated rings. The first-order valence-electron chi connectivity index (χ1n) is 7.77. The van der Waals surface area contributed by atoms with Gasteiger partial charge in [-0.05, 0) is 64.8 Å². The molecule has 0 heterocycles. The van der Waals surface area contributed by atoms with Gasteiger partial charge in [-0.25, -0.2) is 0 Å². The van der Waals surface area contributed by atoms with E-state index in [1.807, 2.05) is 24.3 Å². The van der Waals surface area contributed by atoms with E-state index in [4.69, 9.17) is 4.74 Å². The minimum atomic E-state index is -0.0753. The Hall–Kier alpha value is -0.580. The van der Waals surface area contributed by atoms with Gasteiger partial charge in [-0.3, -0.25) is 4.79 Å². The third-order valence-corrected chi connectivity index (χ3v) is 7.33. The topological polar surface area (TPSA) is 26.3 Å². The second-order valence-electron chi connectivity index (χ2n) is 7.36. The van der Waals surface area contributed by atoms with Crippen molar-refractivity contribution in [2.75, 3.05) is 0 Å². The fraction of sp³-hybridized carbons (Fsp3) is 0.611. The maximum Gasteiger partial charge on any atom is 0.310 e. The molecule has 1 aromatic carbocycles. The van der Waals surface area contributed by atoms with Crippen molar-refractivity contribution < 1.29 is 9.53 Å². The fourth-order valence-corrected chi connectivity index (χ4v) is 4.88. The summed E-state index contributed by atoms with van der Waals surface area (Å²) >= 11 is 2.28. The lowest BCUT2D eigenvalue weighted by molar-refractivity contribution is -0.156. The summed E-state index contributed by atoms with van der Waals surface area (Å²) in [5.41, 5.74) is 1.51. The predicted octanol–water partition coefficient (Wildman–Crippen LogP) is 4.59. The van der Waals surface area contributed by atoms with Crippen molar-refractivity contribution in [3.63, 3.8) is 0 Å². The van der Waals surface area contributed by atoms with Crippen molar-refractivity contribution in [1.29, 1.82) is 0 Å². The van der Waals surface area contributed by atoms with Gasteiger partial charge in [-0.1, -0.05) is 39.0 Å². The van der Waals surface area contributed by atoms with Crippen molar-refractivity contribution in [2.45, 2.75) is 52.6 Å². The summed E-state index contributed by atoms with van der Waals surface area (Å²) in [6, 6.07) is 8.02. The molecule has 0 aliphatic heterocycles. The summed E-state index contributed by atoms with van der Waals surface area (Å²) in [6.45, 7) is 7.00. The summed E-state index contributed by atoms with van der Waals surface area (Å²) in [5, 5.41) is 0. The first kappa shape index (κ1) is 15.3. The van der Waals surface area contributed by atoms with Crippen LogP contribution in [0.4, 0.5) is 0 Å². The third-order valence-electron chi connectivity index (χ3n) is 6.28. The van der Waals surface area contributed by atoms with Gasteiger partial charge in [0.05, 0.1) is 6.42 Å². The van der Waals surface area contributed by atoms with Crippen molar-refractivity contribution in [2.24, 2.45) is 16.7 Å². The number of benzene rings is 1. The van der Waals surface area contributed by atoms with Crippen LogP contribution in [0.1, 0.15) is 45.6 Å². The Bertz CT molecular complexity index is 566. The van der Waals surface area contributed by atoms with Crippen LogP contribution in [-0.2, 0) is 16.0 Å².